The van der Waals surface area contributed by atoms with E-state index in [1.54, 1.807) is 4.90 Å². The fourth-order valence-corrected chi connectivity index (χ4v) is 4.91. The number of aryl methyl sites for hydroxylation is 1. The number of carbonyl (C=O) groups is 2. The maximum absolute atomic E-state index is 13.2. The molecule has 0 aromatic heterocycles. The Bertz CT molecular complexity index is 998. The Balaban J connectivity index is 1.46. The number of rotatable bonds is 5. The summed E-state index contributed by atoms with van der Waals surface area (Å²) >= 11 is 6.09. The van der Waals surface area contributed by atoms with E-state index in [0.29, 0.717) is 11.6 Å². The molecule has 4 rings (SSSR count). The molecule has 0 spiro atoms. The molecule has 0 atom stereocenters. The van der Waals surface area contributed by atoms with Crippen molar-refractivity contribution in [3.63, 3.8) is 0 Å². The van der Waals surface area contributed by atoms with E-state index < -0.39 is 5.41 Å². The number of anilines is 1. The van der Waals surface area contributed by atoms with Gasteiger partial charge >= 0.3 is 0 Å². The summed E-state index contributed by atoms with van der Waals surface area (Å²) in [6.07, 6.45) is 1.47. The van der Waals surface area contributed by atoms with Gasteiger partial charge < -0.3 is 19.4 Å². The number of piperidine rings is 1. The zero-order valence-electron chi connectivity index (χ0n) is 18.9. The van der Waals surface area contributed by atoms with Gasteiger partial charge in [0, 0.05) is 32.2 Å². The van der Waals surface area contributed by atoms with Gasteiger partial charge in [-0.05, 0) is 68.2 Å². The number of benzene rings is 2. The maximum atomic E-state index is 13.2. The molecule has 7 heteroatoms. The number of carbonyl (C=O) groups excluding carboxylic acids is 2. The molecule has 170 valence electrons. The number of ether oxygens (including phenoxy) is 1. The van der Waals surface area contributed by atoms with Crippen LogP contribution in [-0.2, 0) is 15.0 Å². The van der Waals surface area contributed by atoms with Gasteiger partial charge in [0.05, 0.1) is 11.1 Å². The molecule has 0 radical (unpaired) electrons. The third-order valence-corrected chi connectivity index (χ3v) is 6.87. The average Bonchev–Trinajstić information content (AvgIpc) is 2.79. The molecule has 2 aromatic carbocycles. The molecule has 0 unspecified atom stereocenters. The van der Waals surface area contributed by atoms with Crippen LogP contribution in [0.4, 0.5) is 5.69 Å². The third kappa shape index (κ3) is 4.34. The molecular formula is C25H30ClN3O3. The zero-order valence-corrected chi connectivity index (χ0v) is 19.7. The highest BCUT2D eigenvalue weighted by atomic mass is 35.5. The monoisotopic (exact) mass is 455 g/mol. The Kier molecular flexibility index (Phi) is 6.45. The molecule has 0 aliphatic carbocycles. The predicted octanol–water partition coefficient (Wildman–Crippen LogP) is 3.50. The topological polar surface area (TPSA) is 53.1 Å². The molecule has 1 fully saturated rings. The molecule has 2 aliphatic rings. The standard InChI is InChI=1S/C25H30ClN3O3/c1-18-4-9-22-21(16-18)29(23(30)17-32-22)15-14-28-12-10-25(11-13-28,24(31)27(2)3)19-5-7-20(26)8-6-19/h4-9,16H,10-15,17H2,1-3H3. The van der Waals surface area contributed by atoms with E-state index in [0.717, 1.165) is 55.0 Å². The second-order valence-corrected chi connectivity index (χ2v) is 9.37. The van der Waals surface area contributed by atoms with E-state index in [1.165, 1.54) is 0 Å². The second kappa shape index (κ2) is 9.12. The molecule has 2 amide bonds. The number of amides is 2. The SMILES string of the molecule is Cc1ccc2c(c1)N(CCN1CCC(C(=O)N(C)C)(c3ccc(Cl)cc3)CC1)C(=O)CO2. The molecule has 0 saturated carbocycles. The molecule has 32 heavy (non-hydrogen) atoms. The molecule has 2 heterocycles. The summed E-state index contributed by atoms with van der Waals surface area (Å²) in [5, 5.41) is 0.671. The van der Waals surface area contributed by atoms with Crippen LogP contribution in [0.25, 0.3) is 0 Å². The molecular weight excluding hydrogens is 426 g/mol. The Morgan fingerprint density at radius 3 is 2.44 bits per heavy atom. The van der Waals surface area contributed by atoms with Crippen LogP contribution >= 0.6 is 11.6 Å². The lowest BCUT2D eigenvalue weighted by Gasteiger charge is -2.43. The van der Waals surface area contributed by atoms with Crippen LogP contribution < -0.4 is 9.64 Å². The summed E-state index contributed by atoms with van der Waals surface area (Å²) in [5.41, 5.74) is 2.42. The van der Waals surface area contributed by atoms with E-state index in [-0.39, 0.29) is 18.4 Å². The van der Waals surface area contributed by atoms with Crippen LogP contribution in [0.2, 0.25) is 5.02 Å². The largest absolute Gasteiger partial charge is 0.482 e. The van der Waals surface area contributed by atoms with Crippen LogP contribution in [0.3, 0.4) is 0 Å². The summed E-state index contributed by atoms with van der Waals surface area (Å²) in [7, 11) is 3.63. The summed E-state index contributed by atoms with van der Waals surface area (Å²) in [5.74, 6) is 0.873. The number of fused-ring (bicyclic) bond motifs is 1. The number of likely N-dealkylation sites (N-methyl/N-ethyl adjacent to an activating group) is 1. The van der Waals surface area contributed by atoms with Gasteiger partial charge in [0.2, 0.25) is 5.91 Å². The van der Waals surface area contributed by atoms with E-state index in [9.17, 15) is 9.59 Å². The van der Waals surface area contributed by atoms with Crippen LogP contribution in [0.15, 0.2) is 42.5 Å². The summed E-state index contributed by atoms with van der Waals surface area (Å²) in [6.45, 7) is 5.04. The Morgan fingerprint density at radius 1 is 1.09 bits per heavy atom. The molecule has 0 bridgehead atoms. The zero-order chi connectivity index (χ0) is 22.9. The van der Waals surface area contributed by atoms with Gasteiger partial charge in [-0.1, -0.05) is 29.8 Å². The minimum atomic E-state index is -0.539. The number of halogens is 1. The minimum Gasteiger partial charge on any atom is -0.482 e. The van der Waals surface area contributed by atoms with Gasteiger partial charge in [0.15, 0.2) is 6.61 Å². The molecule has 6 nitrogen and oxygen atoms in total. The van der Waals surface area contributed by atoms with Crippen LogP contribution in [-0.4, -0.2) is 68.5 Å². The lowest BCUT2D eigenvalue weighted by atomic mass is 9.71. The van der Waals surface area contributed by atoms with Gasteiger partial charge in [-0.25, -0.2) is 0 Å². The van der Waals surface area contributed by atoms with E-state index in [1.807, 2.05) is 68.4 Å². The van der Waals surface area contributed by atoms with Gasteiger partial charge in [-0.3, -0.25) is 9.59 Å². The number of likely N-dealkylation sites (tertiary alicyclic amines) is 1. The normalized spacial score (nSPS) is 18.1. The molecule has 1 saturated heterocycles. The van der Waals surface area contributed by atoms with Crippen molar-refractivity contribution in [2.75, 3.05) is 51.8 Å². The first-order valence-electron chi connectivity index (χ1n) is 11.0. The van der Waals surface area contributed by atoms with Crippen molar-refractivity contribution >= 4 is 29.1 Å². The summed E-state index contributed by atoms with van der Waals surface area (Å²) in [6, 6.07) is 13.6. The van der Waals surface area contributed by atoms with Crippen LogP contribution in [0.5, 0.6) is 5.75 Å². The van der Waals surface area contributed by atoms with Gasteiger partial charge in [-0.15, -0.1) is 0 Å². The summed E-state index contributed by atoms with van der Waals surface area (Å²) in [4.78, 5) is 31.6. The van der Waals surface area contributed by atoms with Gasteiger partial charge in [-0.2, -0.15) is 0 Å². The quantitative estimate of drug-likeness (QED) is 0.692. The van der Waals surface area contributed by atoms with Crippen LogP contribution in [0.1, 0.15) is 24.0 Å². The van der Waals surface area contributed by atoms with E-state index >= 15 is 0 Å². The van der Waals surface area contributed by atoms with Gasteiger partial charge in [0.1, 0.15) is 5.75 Å². The fraction of sp³-hybridized carbons (Fsp3) is 0.440. The van der Waals surface area contributed by atoms with Crippen molar-refractivity contribution in [2.24, 2.45) is 0 Å². The van der Waals surface area contributed by atoms with Crippen molar-refractivity contribution in [1.29, 1.82) is 0 Å². The minimum absolute atomic E-state index is 0.0154. The lowest BCUT2D eigenvalue weighted by molar-refractivity contribution is -0.136. The first kappa shape index (κ1) is 22.6. The number of nitrogens with zero attached hydrogens (tertiary/aromatic N) is 3. The highest BCUT2D eigenvalue weighted by Crippen LogP contribution is 2.38. The third-order valence-electron chi connectivity index (χ3n) is 6.62. The Morgan fingerprint density at radius 2 is 1.78 bits per heavy atom. The van der Waals surface area contributed by atoms with Crippen molar-refractivity contribution in [3.05, 3.63) is 58.6 Å². The average molecular weight is 456 g/mol. The molecule has 0 N–H and O–H groups in total. The highest BCUT2D eigenvalue weighted by Gasteiger charge is 2.43. The van der Waals surface area contributed by atoms with Crippen LogP contribution in [0, 0.1) is 6.92 Å². The van der Waals surface area contributed by atoms with Gasteiger partial charge in [0.25, 0.3) is 5.91 Å². The summed E-state index contributed by atoms with van der Waals surface area (Å²) < 4.78 is 5.59. The first-order chi connectivity index (χ1) is 15.3. The molecule has 2 aromatic rings. The van der Waals surface area contributed by atoms with E-state index in [4.69, 9.17) is 16.3 Å². The maximum Gasteiger partial charge on any atom is 0.265 e. The van der Waals surface area contributed by atoms with E-state index in [2.05, 4.69) is 4.90 Å². The highest BCUT2D eigenvalue weighted by molar-refractivity contribution is 6.30. The second-order valence-electron chi connectivity index (χ2n) is 8.94. The predicted molar refractivity (Wildman–Crippen MR) is 127 cm³/mol. The molecule has 2 aliphatic heterocycles. The number of hydrogen-bond donors (Lipinski definition) is 0. The first-order valence-corrected chi connectivity index (χ1v) is 11.4. The smallest absolute Gasteiger partial charge is 0.265 e. The Hall–Kier alpha value is -2.57. The van der Waals surface area contributed by atoms with Crippen molar-refractivity contribution in [1.82, 2.24) is 9.80 Å². The fourth-order valence-electron chi connectivity index (χ4n) is 4.78. The van der Waals surface area contributed by atoms with Crippen molar-refractivity contribution in [2.45, 2.75) is 25.2 Å². The number of hydrogen-bond acceptors (Lipinski definition) is 4. The Labute approximate surface area is 194 Å². The lowest BCUT2D eigenvalue weighted by Crippen LogP contribution is -2.52. The van der Waals surface area contributed by atoms with Crippen molar-refractivity contribution < 1.29 is 14.3 Å². The van der Waals surface area contributed by atoms with Crippen molar-refractivity contribution in [3.8, 4) is 5.75 Å².